The molecule has 3 heteroatoms. The quantitative estimate of drug-likeness (QED) is 0.923. The number of rotatable bonds is 4. The Kier molecular flexibility index (Phi) is 5.40. The van der Waals surface area contributed by atoms with Gasteiger partial charge < -0.3 is 10.2 Å². The normalized spacial score (nSPS) is 23.0. The molecule has 1 N–H and O–H groups in total. The van der Waals surface area contributed by atoms with Gasteiger partial charge in [0.05, 0.1) is 0 Å². The van der Waals surface area contributed by atoms with Crippen molar-refractivity contribution in [1.82, 2.24) is 10.2 Å². The molecule has 2 atom stereocenters. The Morgan fingerprint density at radius 1 is 1.24 bits per heavy atom. The Balaban J connectivity index is 1.81. The average Bonchev–Trinajstić information content (AvgIpc) is 2.37. The van der Waals surface area contributed by atoms with Crippen molar-refractivity contribution in [1.29, 1.82) is 0 Å². The number of nitrogens with zero attached hydrogens (tertiary/aromatic N) is 1. The molecule has 1 aliphatic heterocycles. The van der Waals surface area contributed by atoms with Gasteiger partial charge in [0.15, 0.2) is 0 Å². The van der Waals surface area contributed by atoms with Gasteiger partial charge in [0, 0.05) is 31.7 Å². The third-order valence-corrected chi connectivity index (χ3v) is 4.28. The Labute approximate surface area is 128 Å². The van der Waals surface area contributed by atoms with E-state index in [1.807, 2.05) is 26.0 Å². The zero-order valence-corrected chi connectivity index (χ0v) is 13.8. The monoisotopic (exact) mass is 288 g/mol. The molecular weight excluding hydrogens is 260 g/mol. The van der Waals surface area contributed by atoms with Gasteiger partial charge in [0.1, 0.15) is 0 Å². The summed E-state index contributed by atoms with van der Waals surface area (Å²) in [5.41, 5.74) is 3.04. The van der Waals surface area contributed by atoms with E-state index < -0.39 is 0 Å². The number of carbonyl (C=O) groups is 1. The van der Waals surface area contributed by atoms with Crippen LogP contribution >= 0.6 is 0 Å². The number of piperidine rings is 1. The maximum atomic E-state index is 12.2. The highest BCUT2D eigenvalue weighted by Crippen LogP contribution is 2.20. The minimum atomic E-state index is 0.0469. The molecule has 0 spiro atoms. The van der Waals surface area contributed by atoms with Crippen LogP contribution in [-0.2, 0) is 0 Å². The molecule has 0 saturated carbocycles. The summed E-state index contributed by atoms with van der Waals surface area (Å²) in [6, 6.07) is 5.98. The Bertz CT molecular complexity index is 488. The van der Waals surface area contributed by atoms with E-state index in [1.165, 1.54) is 12.0 Å². The van der Waals surface area contributed by atoms with Gasteiger partial charge >= 0.3 is 0 Å². The van der Waals surface area contributed by atoms with Gasteiger partial charge in [-0.15, -0.1) is 0 Å². The molecule has 1 aromatic rings. The van der Waals surface area contributed by atoms with E-state index >= 15 is 0 Å². The van der Waals surface area contributed by atoms with E-state index in [-0.39, 0.29) is 5.91 Å². The molecule has 0 bridgehead atoms. The molecule has 1 aromatic carbocycles. The second-order valence-corrected chi connectivity index (χ2v) is 6.78. The molecule has 116 valence electrons. The summed E-state index contributed by atoms with van der Waals surface area (Å²) in [5.74, 6) is 1.58. The molecule has 0 unspecified atom stereocenters. The van der Waals surface area contributed by atoms with Gasteiger partial charge in [-0.3, -0.25) is 4.79 Å². The summed E-state index contributed by atoms with van der Waals surface area (Å²) in [6.45, 7) is 12.7. The predicted octanol–water partition coefficient (Wildman–Crippen LogP) is 3.01. The minimum Gasteiger partial charge on any atom is -0.351 e. The van der Waals surface area contributed by atoms with Gasteiger partial charge in [-0.05, 0) is 43.7 Å². The predicted molar refractivity (Wildman–Crippen MR) is 87.6 cm³/mol. The number of benzene rings is 1. The van der Waals surface area contributed by atoms with Crippen LogP contribution in [0, 0.1) is 25.7 Å². The number of hydrogen-bond donors (Lipinski definition) is 1. The number of hydrogen-bond acceptors (Lipinski definition) is 2. The molecular formula is C18H28N2O. The second kappa shape index (κ2) is 7.08. The molecule has 1 saturated heterocycles. The largest absolute Gasteiger partial charge is 0.351 e. The maximum absolute atomic E-state index is 12.2. The van der Waals surface area contributed by atoms with Crippen LogP contribution < -0.4 is 5.32 Å². The van der Waals surface area contributed by atoms with E-state index in [1.54, 1.807) is 0 Å². The zero-order valence-electron chi connectivity index (χ0n) is 13.8. The molecule has 1 heterocycles. The first-order valence-electron chi connectivity index (χ1n) is 8.03. The fourth-order valence-corrected chi connectivity index (χ4v) is 3.47. The highest BCUT2D eigenvalue weighted by molar-refractivity contribution is 5.95. The summed E-state index contributed by atoms with van der Waals surface area (Å²) in [6.07, 6.45) is 1.32. The number of nitrogens with one attached hydrogen (secondary N) is 1. The summed E-state index contributed by atoms with van der Waals surface area (Å²) >= 11 is 0. The lowest BCUT2D eigenvalue weighted by molar-refractivity contribution is 0.0936. The molecule has 0 radical (unpaired) electrons. The summed E-state index contributed by atoms with van der Waals surface area (Å²) in [4.78, 5) is 14.7. The molecule has 1 amide bonds. The van der Waals surface area contributed by atoms with Crippen LogP contribution in [0.5, 0.6) is 0 Å². The first-order valence-corrected chi connectivity index (χ1v) is 8.03. The SMILES string of the molecule is Cc1ccc(C(=O)NCCN2C[C@H](C)C[C@H](C)C2)c(C)c1. The van der Waals surface area contributed by atoms with Gasteiger partial charge in [-0.2, -0.15) is 0 Å². The van der Waals surface area contributed by atoms with Crippen molar-refractivity contribution in [3.8, 4) is 0 Å². The van der Waals surface area contributed by atoms with Crippen LogP contribution in [0.3, 0.4) is 0 Å². The van der Waals surface area contributed by atoms with Crippen LogP contribution in [0.4, 0.5) is 0 Å². The van der Waals surface area contributed by atoms with Crippen LogP contribution in [-0.4, -0.2) is 37.0 Å². The van der Waals surface area contributed by atoms with Crippen molar-refractivity contribution in [2.24, 2.45) is 11.8 Å². The Morgan fingerprint density at radius 3 is 2.52 bits per heavy atom. The number of carbonyl (C=O) groups excluding carboxylic acids is 1. The van der Waals surface area contributed by atoms with E-state index in [9.17, 15) is 4.79 Å². The standard InChI is InChI=1S/C18H28N2O/c1-13-5-6-17(16(4)10-13)18(21)19-7-8-20-11-14(2)9-15(3)12-20/h5-6,10,14-15H,7-9,11-12H2,1-4H3,(H,19,21)/t14-,15+. The number of aryl methyl sites for hydroxylation is 2. The lowest BCUT2D eigenvalue weighted by atomic mass is 9.92. The van der Waals surface area contributed by atoms with Crippen LogP contribution in [0.15, 0.2) is 18.2 Å². The molecule has 21 heavy (non-hydrogen) atoms. The summed E-state index contributed by atoms with van der Waals surface area (Å²) in [7, 11) is 0. The lowest BCUT2D eigenvalue weighted by Gasteiger charge is -2.34. The Morgan fingerprint density at radius 2 is 1.90 bits per heavy atom. The van der Waals surface area contributed by atoms with Gasteiger partial charge in [-0.25, -0.2) is 0 Å². The van der Waals surface area contributed by atoms with E-state index in [2.05, 4.69) is 30.1 Å². The van der Waals surface area contributed by atoms with Crippen LogP contribution in [0.1, 0.15) is 41.8 Å². The second-order valence-electron chi connectivity index (χ2n) is 6.78. The molecule has 2 rings (SSSR count). The molecule has 1 aliphatic rings. The van der Waals surface area contributed by atoms with E-state index in [4.69, 9.17) is 0 Å². The van der Waals surface area contributed by atoms with E-state index in [0.29, 0.717) is 0 Å². The minimum absolute atomic E-state index is 0.0469. The van der Waals surface area contributed by atoms with Crippen LogP contribution in [0.2, 0.25) is 0 Å². The number of likely N-dealkylation sites (tertiary alicyclic amines) is 1. The van der Waals surface area contributed by atoms with Gasteiger partial charge in [-0.1, -0.05) is 31.5 Å². The zero-order chi connectivity index (χ0) is 15.4. The van der Waals surface area contributed by atoms with Crippen molar-refractivity contribution >= 4 is 5.91 Å². The summed E-state index contributed by atoms with van der Waals surface area (Å²) < 4.78 is 0. The van der Waals surface area contributed by atoms with Crippen molar-refractivity contribution in [2.75, 3.05) is 26.2 Å². The third kappa shape index (κ3) is 4.57. The maximum Gasteiger partial charge on any atom is 0.251 e. The molecule has 0 aromatic heterocycles. The lowest BCUT2D eigenvalue weighted by Crippen LogP contribution is -2.42. The van der Waals surface area contributed by atoms with Crippen molar-refractivity contribution < 1.29 is 4.79 Å². The topological polar surface area (TPSA) is 32.3 Å². The van der Waals surface area contributed by atoms with Gasteiger partial charge in [0.2, 0.25) is 0 Å². The molecule has 3 nitrogen and oxygen atoms in total. The fraction of sp³-hybridized carbons (Fsp3) is 0.611. The molecule has 0 aliphatic carbocycles. The first kappa shape index (κ1) is 16.0. The average molecular weight is 288 g/mol. The highest BCUT2D eigenvalue weighted by Gasteiger charge is 2.21. The highest BCUT2D eigenvalue weighted by atomic mass is 16.1. The van der Waals surface area contributed by atoms with Crippen molar-refractivity contribution in [3.05, 3.63) is 34.9 Å². The van der Waals surface area contributed by atoms with Gasteiger partial charge in [0.25, 0.3) is 5.91 Å². The number of amides is 1. The Hall–Kier alpha value is -1.35. The summed E-state index contributed by atoms with van der Waals surface area (Å²) in [5, 5.41) is 3.06. The molecule has 1 fully saturated rings. The van der Waals surface area contributed by atoms with Crippen molar-refractivity contribution in [3.63, 3.8) is 0 Å². The van der Waals surface area contributed by atoms with Crippen LogP contribution in [0.25, 0.3) is 0 Å². The van der Waals surface area contributed by atoms with Crippen molar-refractivity contribution in [2.45, 2.75) is 34.1 Å². The fourth-order valence-electron chi connectivity index (χ4n) is 3.47. The smallest absolute Gasteiger partial charge is 0.251 e. The first-order chi connectivity index (χ1) is 9.95. The third-order valence-electron chi connectivity index (χ3n) is 4.28. The van der Waals surface area contributed by atoms with E-state index in [0.717, 1.165) is 49.1 Å².